The molecule has 4 heteroatoms. The minimum Gasteiger partial charge on any atom is -0.480 e. The molecule has 1 aliphatic carbocycles. The Hall–Kier alpha value is -1.84. The van der Waals surface area contributed by atoms with E-state index >= 15 is 0 Å². The standard InChI is InChI=1S/C13H16N2O2/c1-17-13-11(7-4-8-14-13)15-12(16)9-10-5-2-3-6-10/h2,4-5,7-8,10H,3,6,9H2,1H3,(H,15,16)/t10-/m1/s1. The highest BCUT2D eigenvalue weighted by molar-refractivity contribution is 5.92. The summed E-state index contributed by atoms with van der Waals surface area (Å²) in [5.74, 6) is 0.827. The Kier molecular flexibility index (Phi) is 3.75. The monoisotopic (exact) mass is 232 g/mol. The van der Waals surface area contributed by atoms with Gasteiger partial charge in [-0.2, -0.15) is 0 Å². The van der Waals surface area contributed by atoms with Crippen molar-refractivity contribution in [1.29, 1.82) is 0 Å². The maximum atomic E-state index is 11.8. The Labute approximate surface area is 101 Å². The van der Waals surface area contributed by atoms with Crippen molar-refractivity contribution in [2.75, 3.05) is 12.4 Å². The Bertz CT molecular complexity index is 429. The van der Waals surface area contributed by atoms with Gasteiger partial charge < -0.3 is 10.1 Å². The van der Waals surface area contributed by atoms with E-state index in [-0.39, 0.29) is 5.91 Å². The molecule has 1 aromatic heterocycles. The molecule has 2 rings (SSSR count). The van der Waals surface area contributed by atoms with Crippen LogP contribution in [0.2, 0.25) is 0 Å². The third kappa shape index (κ3) is 3.06. The lowest BCUT2D eigenvalue weighted by Crippen LogP contribution is -2.15. The van der Waals surface area contributed by atoms with Gasteiger partial charge in [0.05, 0.1) is 7.11 Å². The van der Waals surface area contributed by atoms with Gasteiger partial charge in [0.15, 0.2) is 0 Å². The van der Waals surface area contributed by atoms with Gasteiger partial charge in [0.2, 0.25) is 11.8 Å². The number of carbonyl (C=O) groups excluding carboxylic acids is 1. The molecule has 0 aliphatic heterocycles. The topological polar surface area (TPSA) is 51.2 Å². The van der Waals surface area contributed by atoms with Crippen molar-refractivity contribution in [3.8, 4) is 5.88 Å². The molecule has 4 nitrogen and oxygen atoms in total. The van der Waals surface area contributed by atoms with Gasteiger partial charge in [-0.25, -0.2) is 4.98 Å². The predicted molar refractivity (Wildman–Crippen MR) is 65.9 cm³/mol. The highest BCUT2D eigenvalue weighted by Crippen LogP contribution is 2.23. The first-order chi connectivity index (χ1) is 8.29. The number of nitrogens with one attached hydrogen (secondary N) is 1. The van der Waals surface area contributed by atoms with Crippen LogP contribution in [0.25, 0.3) is 0 Å². The molecule has 1 aromatic rings. The number of anilines is 1. The minimum atomic E-state index is 0.00727. The first kappa shape index (κ1) is 11.6. The zero-order valence-electron chi connectivity index (χ0n) is 9.85. The molecule has 1 aliphatic rings. The molecule has 0 fully saturated rings. The van der Waals surface area contributed by atoms with Crippen LogP contribution in [-0.4, -0.2) is 18.0 Å². The van der Waals surface area contributed by atoms with Crippen LogP contribution >= 0.6 is 0 Å². The number of allylic oxidation sites excluding steroid dienone is 2. The normalized spacial score (nSPS) is 18.1. The number of pyridine rings is 1. The van der Waals surface area contributed by atoms with Crippen LogP contribution in [0.4, 0.5) is 5.69 Å². The second kappa shape index (κ2) is 5.48. The number of aromatic nitrogens is 1. The molecule has 0 saturated heterocycles. The van der Waals surface area contributed by atoms with E-state index in [1.54, 1.807) is 18.3 Å². The summed E-state index contributed by atoms with van der Waals surface area (Å²) in [6.45, 7) is 0. The Morgan fingerprint density at radius 2 is 2.53 bits per heavy atom. The molecular formula is C13H16N2O2. The van der Waals surface area contributed by atoms with Gasteiger partial charge in [-0.3, -0.25) is 4.79 Å². The van der Waals surface area contributed by atoms with Gasteiger partial charge in [-0.1, -0.05) is 12.2 Å². The Morgan fingerprint density at radius 1 is 1.65 bits per heavy atom. The maximum absolute atomic E-state index is 11.8. The predicted octanol–water partition coefficient (Wildman–Crippen LogP) is 2.39. The van der Waals surface area contributed by atoms with Crippen LogP contribution in [0.3, 0.4) is 0 Å². The maximum Gasteiger partial charge on any atom is 0.237 e. The third-order valence-corrected chi connectivity index (χ3v) is 2.80. The smallest absolute Gasteiger partial charge is 0.237 e. The summed E-state index contributed by atoms with van der Waals surface area (Å²) in [7, 11) is 1.54. The number of nitrogens with zero attached hydrogens (tertiary/aromatic N) is 1. The number of amides is 1. The van der Waals surface area contributed by atoms with Gasteiger partial charge in [0.25, 0.3) is 0 Å². The van der Waals surface area contributed by atoms with Crippen molar-refractivity contribution in [2.24, 2.45) is 5.92 Å². The van der Waals surface area contributed by atoms with Crippen LogP contribution in [0.15, 0.2) is 30.5 Å². The summed E-state index contributed by atoms with van der Waals surface area (Å²) in [6, 6.07) is 3.56. The van der Waals surface area contributed by atoms with Gasteiger partial charge in [-0.15, -0.1) is 0 Å². The summed E-state index contributed by atoms with van der Waals surface area (Å²) in [4.78, 5) is 15.8. The summed E-state index contributed by atoms with van der Waals surface area (Å²) < 4.78 is 5.08. The minimum absolute atomic E-state index is 0.00727. The van der Waals surface area contributed by atoms with Crippen LogP contribution in [-0.2, 0) is 4.79 Å². The van der Waals surface area contributed by atoms with Crippen molar-refractivity contribution in [1.82, 2.24) is 4.98 Å². The second-order valence-corrected chi connectivity index (χ2v) is 4.08. The zero-order chi connectivity index (χ0) is 12.1. The van der Waals surface area contributed by atoms with E-state index < -0.39 is 0 Å². The Balaban J connectivity index is 1.95. The molecule has 17 heavy (non-hydrogen) atoms. The number of rotatable bonds is 4. The number of ether oxygens (including phenoxy) is 1. The SMILES string of the molecule is COc1ncccc1NC(=O)C[C@@H]1C=CCC1. The second-order valence-electron chi connectivity index (χ2n) is 4.08. The highest BCUT2D eigenvalue weighted by Gasteiger charge is 2.15. The molecule has 0 aromatic carbocycles. The summed E-state index contributed by atoms with van der Waals surface area (Å²) >= 11 is 0. The van der Waals surface area contributed by atoms with Gasteiger partial charge >= 0.3 is 0 Å². The van der Waals surface area contributed by atoms with Gasteiger partial charge in [0.1, 0.15) is 5.69 Å². The zero-order valence-corrected chi connectivity index (χ0v) is 9.85. The molecule has 1 heterocycles. The van der Waals surface area contributed by atoms with E-state index in [1.807, 2.05) is 0 Å². The van der Waals surface area contributed by atoms with Crippen molar-refractivity contribution < 1.29 is 9.53 Å². The molecule has 1 N–H and O–H groups in total. The number of hydrogen-bond acceptors (Lipinski definition) is 3. The average Bonchev–Trinajstić information content (AvgIpc) is 2.82. The number of hydrogen-bond donors (Lipinski definition) is 1. The molecule has 0 bridgehead atoms. The average molecular weight is 232 g/mol. The molecule has 1 amide bonds. The van der Waals surface area contributed by atoms with Crippen molar-refractivity contribution >= 4 is 11.6 Å². The van der Waals surface area contributed by atoms with Crippen LogP contribution in [0, 0.1) is 5.92 Å². The van der Waals surface area contributed by atoms with Gasteiger partial charge in [0, 0.05) is 12.6 Å². The molecule has 0 unspecified atom stereocenters. The van der Waals surface area contributed by atoms with Crippen molar-refractivity contribution in [2.45, 2.75) is 19.3 Å². The molecule has 0 saturated carbocycles. The van der Waals surface area contributed by atoms with Crippen molar-refractivity contribution in [3.05, 3.63) is 30.5 Å². The lowest BCUT2D eigenvalue weighted by molar-refractivity contribution is -0.116. The fraction of sp³-hybridized carbons (Fsp3) is 0.385. The first-order valence-corrected chi connectivity index (χ1v) is 5.75. The van der Waals surface area contributed by atoms with E-state index in [1.165, 1.54) is 7.11 Å². The van der Waals surface area contributed by atoms with Crippen LogP contribution in [0.5, 0.6) is 5.88 Å². The van der Waals surface area contributed by atoms with Gasteiger partial charge in [-0.05, 0) is 30.9 Å². The molecular weight excluding hydrogens is 216 g/mol. The lowest BCUT2D eigenvalue weighted by atomic mass is 10.1. The van der Waals surface area contributed by atoms with E-state index in [4.69, 9.17) is 4.74 Å². The molecule has 0 spiro atoms. The quantitative estimate of drug-likeness (QED) is 0.811. The third-order valence-electron chi connectivity index (χ3n) is 2.80. The summed E-state index contributed by atoms with van der Waals surface area (Å²) in [6.07, 6.45) is 8.54. The van der Waals surface area contributed by atoms with Crippen LogP contribution < -0.4 is 10.1 Å². The fourth-order valence-corrected chi connectivity index (χ4v) is 1.95. The largest absolute Gasteiger partial charge is 0.480 e. The van der Waals surface area contributed by atoms with E-state index in [0.29, 0.717) is 23.9 Å². The first-order valence-electron chi connectivity index (χ1n) is 5.75. The van der Waals surface area contributed by atoms with E-state index in [9.17, 15) is 4.79 Å². The summed E-state index contributed by atoms with van der Waals surface area (Å²) in [5.41, 5.74) is 0.627. The number of carbonyl (C=O) groups is 1. The van der Waals surface area contributed by atoms with E-state index in [2.05, 4.69) is 22.5 Å². The molecule has 0 radical (unpaired) electrons. The molecule has 1 atom stereocenters. The number of methoxy groups -OCH3 is 1. The summed E-state index contributed by atoms with van der Waals surface area (Å²) in [5, 5.41) is 2.83. The van der Waals surface area contributed by atoms with Crippen molar-refractivity contribution in [3.63, 3.8) is 0 Å². The molecule has 90 valence electrons. The van der Waals surface area contributed by atoms with Crippen LogP contribution in [0.1, 0.15) is 19.3 Å². The van der Waals surface area contributed by atoms with E-state index in [0.717, 1.165) is 12.8 Å². The lowest BCUT2D eigenvalue weighted by Gasteiger charge is -2.10. The Morgan fingerprint density at radius 3 is 3.24 bits per heavy atom. The highest BCUT2D eigenvalue weighted by atomic mass is 16.5. The fourth-order valence-electron chi connectivity index (χ4n) is 1.95.